The molecule has 212 valence electrons. The predicted octanol–water partition coefficient (Wildman–Crippen LogP) is 6.50. The zero-order valence-corrected chi connectivity index (χ0v) is 24.0. The summed E-state index contributed by atoms with van der Waals surface area (Å²) in [5, 5.41) is 0. The molecule has 7 nitrogen and oxygen atoms in total. The maximum Gasteiger partial charge on any atom is 0.334 e. The molecule has 2 heterocycles. The lowest BCUT2D eigenvalue weighted by Gasteiger charge is -2.34. The first-order valence-electron chi connectivity index (χ1n) is 14.2. The van der Waals surface area contributed by atoms with Crippen molar-refractivity contribution in [3.8, 4) is 17.2 Å². The Labute approximate surface area is 237 Å². The first-order chi connectivity index (χ1) is 19.3. The largest absolute Gasteiger partial charge is 0.493 e. The number of amides is 1. The SMILES string of the molecule is CCOC(=O)/C(=C/c1ccc(OCCc2nc(-c3ccccc3)oc2C)cc1)CC(=O)N1CCC(C(C)C)CC1. The van der Waals surface area contributed by atoms with Crippen molar-refractivity contribution in [1.29, 1.82) is 0 Å². The van der Waals surface area contributed by atoms with Crippen LogP contribution >= 0.6 is 0 Å². The summed E-state index contributed by atoms with van der Waals surface area (Å²) in [4.78, 5) is 32.2. The minimum absolute atomic E-state index is 0.0277. The summed E-state index contributed by atoms with van der Waals surface area (Å²) in [5.41, 5.74) is 2.99. The molecule has 0 spiro atoms. The molecule has 1 saturated heterocycles. The molecule has 3 aromatic rings. The van der Waals surface area contributed by atoms with Crippen molar-refractivity contribution < 1.29 is 23.5 Å². The van der Waals surface area contributed by atoms with Gasteiger partial charge in [0, 0.05) is 30.6 Å². The number of hydrogen-bond acceptors (Lipinski definition) is 6. The van der Waals surface area contributed by atoms with E-state index in [0.717, 1.165) is 48.5 Å². The molecule has 0 unspecified atom stereocenters. The fourth-order valence-electron chi connectivity index (χ4n) is 4.99. The number of rotatable bonds is 11. The summed E-state index contributed by atoms with van der Waals surface area (Å²) in [5.74, 6) is 2.90. The Hall–Kier alpha value is -3.87. The van der Waals surface area contributed by atoms with Crippen LogP contribution in [0.25, 0.3) is 17.5 Å². The third-order valence-electron chi connectivity index (χ3n) is 7.46. The van der Waals surface area contributed by atoms with Crippen molar-refractivity contribution in [3.63, 3.8) is 0 Å². The molecule has 0 aliphatic carbocycles. The summed E-state index contributed by atoms with van der Waals surface area (Å²) in [6.07, 6.45) is 4.41. The van der Waals surface area contributed by atoms with E-state index < -0.39 is 5.97 Å². The molecule has 1 fully saturated rings. The summed E-state index contributed by atoms with van der Waals surface area (Å²) in [6, 6.07) is 17.3. The fraction of sp³-hybridized carbons (Fsp3) is 0.424. The molecule has 2 aromatic carbocycles. The van der Waals surface area contributed by atoms with Crippen molar-refractivity contribution in [2.24, 2.45) is 11.8 Å². The fourth-order valence-corrected chi connectivity index (χ4v) is 4.99. The van der Waals surface area contributed by atoms with E-state index in [1.165, 1.54) is 0 Å². The number of hydrogen-bond donors (Lipinski definition) is 0. The highest BCUT2D eigenvalue weighted by molar-refractivity contribution is 5.99. The molecule has 40 heavy (non-hydrogen) atoms. The zero-order valence-electron chi connectivity index (χ0n) is 24.0. The van der Waals surface area contributed by atoms with Gasteiger partial charge in [-0.1, -0.05) is 44.2 Å². The van der Waals surface area contributed by atoms with Crippen LogP contribution in [0, 0.1) is 18.8 Å². The van der Waals surface area contributed by atoms with Crippen LogP contribution in [0.15, 0.2) is 64.6 Å². The van der Waals surface area contributed by atoms with Crippen LogP contribution in [0.2, 0.25) is 0 Å². The van der Waals surface area contributed by atoms with E-state index in [0.29, 0.717) is 42.1 Å². The van der Waals surface area contributed by atoms with E-state index >= 15 is 0 Å². The number of carbonyl (C=O) groups excluding carboxylic acids is 2. The topological polar surface area (TPSA) is 81.9 Å². The molecule has 0 radical (unpaired) electrons. The molecule has 4 rings (SSSR count). The number of carbonyl (C=O) groups is 2. The number of likely N-dealkylation sites (tertiary alicyclic amines) is 1. The number of benzene rings is 2. The number of piperidine rings is 1. The number of aromatic nitrogens is 1. The van der Waals surface area contributed by atoms with Crippen molar-refractivity contribution in [1.82, 2.24) is 9.88 Å². The van der Waals surface area contributed by atoms with Crippen LogP contribution in [0.1, 0.15) is 57.1 Å². The lowest BCUT2D eigenvalue weighted by Crippen LogP contribution is -2.39. The summed E-state index contributed by atoms with van der Waals surface area (Å²) in [6.45, 7) is 10.3. The molecule has 0 bridgehead atoms. The van der Waals surface area contributed by atoms with Gasteiger partial charge in [-0.25, -0.2) is 9.78 Å². The van der Waals surface area contributed by atoms with E-state index in [4.69, 9.17) is 13.9 Å². The molecular weight excluding hydrogens is 504 g/mol. The highest BCUT2D eigenvalue weighted by atomic mass is 16.5. The van der Waals surface area contributed by atoms with Gasteiger partial charge in [0.2, 0.25) is 11.8 Å². The Bertz CT molecular complexity index is 1290. The molecule has 1 aliphatic rings. The number of nitrogens with zero attached hydrogens (tertiary/aromatic N) is 2. The lowest BCUT2D eigenvalue weighted by atomic mass is 9.86. The van der Waals surface area contributed by atoms with Crippen molar-refractivity contribution >= 4 is 18.0 Å². The first-order valence-corrected chi connectivity index (χ1v) is 14.2. The third kappa shape index (κ3) is 7.84. The summed E-state index contributed by atoms with van der Waals surface area (Å²) in [7, 11) is 0. The van der Waals surface area contributed by atoms with Gasteiger partial charge in [-0.15, -0.1) is 0 Å². The normalized spacial score (nSPS) is 14.4. The van der Waals surface area contributed by atoms with Gasteiger partial charge in [-0.2, -0.15) is 0 Å². The standard InChI is InChI=1S/C33H40N2O5/c1-5-38-33(37)28(22-31(36)35-18-15-26(16-19-35)23(2)3)21-25-11-13-29(14-12-25)39-20-17-30-24(4)40-32(34-30)27-9-7-6-8-10-27/h6-14,21,23,26H,5,15-20,22H2,1-4H3/b28-21+. The smallest absolute Gasteiger partial charge is 0.334 e. The lowest BCUT2D eigenvalue weighted by molar-refractivity contribution is -0.141. The van der Waals surface area contributed by atoms with Crippen LogP contribution in [-0.4, -0.2) is 48.1 Å². The Kier molecular flexibility index (Phi) is 10.2. The minimum atomic E-state index is -0.453. The van der Waals surface area contributed by atoms with Crippen LogP contribution in [0.5, 0.6) is 5.75 Å². The maximum absolute atomic E-state index is 13.0. The van der Waals surface area contributed by atoms with Gasteiger partial charge < -0.3 is 18.8 Å². The number of ether oxygens (including phenoxy) is 2. The van der Waals surface area contributed by atoms with Crippen molar-refractivity contribution in [2.45, 2.75) is 53.4 Å². The predicted molar refractivity (Wildman–Crippen MR) is 156 cm³/mol. The average Bonchev–Trinajstić information content (AvgIpc) is 3.34. The first kappa shape index (κ1) is 29.1. The summed E-state index contributed by atoms with van der Waals surface area (Å²) >= 11 is 0. The molecule has 0 atom stereocenters. The monoisotopic (exact) mass is 544 g/mol. The maximum atomic E-state index is 13.0. The highest BCUT2D eigenvalue weighted by Gasteiger charge is 2.26. The van der Waals surface area contributed by atoms with Gasteiger partial charge in [0.25, 0.3) is 0 Å². The molecular formula is C33H40N2O5. The summed E-state index contributed by atoms with van der Waals surface area (Å²) < 4.78 is 17.0. The highest BCUT2D eigenvalue weighted by Crippen LogP contribution is 2.26. The van der Waals surface area contributed by atoms with Crippen molar-refractivity contribution in [2.75, 3.05) is 26.3 Å². The zero-order chi connectivity index (χ0) is 28.5. The Balaban J connectivity index is 1.34. The number of aryl methyl sites for hydroxylation is 1. The molecule has 1 aromatic heterocycles. The van der Waals surface area contributed by atoms with Gasteiger partial charge in [-0.3, -0.25) is 4.79 Å². The van der Waals surface area contributed by atoms with Gasteiger partial charge in [0.15, 0.2) is 0 Å². The molecule has 0 saturated carbocycles. The van der Waals surface area contributed by atoms with E-state index in [1.54, 1.807) is 13.0 Å². The van der Waals surface area contributed by atoms with Crippen LogP contribution < -0.4 is 4.74 Å². The Morgan fingerprint density at radius 2 is 1.77 bits per heavy atom. The van der Waals surface area contributed by atoms with Gasteiger partial charge >= 0.3 is 5.97 Å². The molecule has 1 aliphatic heterocycles. The van der Waals surface area contributed by atoms with Gasteiger partial charge in [0.05, 0.1) is 25.3 Å². The van der Waals surface area contributed by atoms with E-state index in [-0.39, 0.29) is 18.9 Å². The third-order valence-corrected chi connectivity index (χ3v) is 7.46. The molecule has 0 N–H and O–H groups in total. The van der Waals surface area contributed by atoms with Gasteiger partial charge in [0.1, 0.15) is 11.5 Å². The second-order valence-corrected chi connectivity index (χ2v) is 10.6. The van der Waals surface area contributed by atoms with Crippen molar-refractivity contribution in [3.05, 3.63) is 77.2 Å². The number of oxazole rings is 1. The Morgan fingerprint density at radius 3 is 2.42 bits per heavy atom. The second-order valence-electron chi connectivity index (χ2n) is 10.6. The van der Waals surface area contributed by atoms with Crippen LogP contribution in [0.4, 0.5) is 0 Å². The number of esters is 1. The molecule has 1 amide bonds. The van der Waals surface area contributed by atoms with E-state index in [1.807, 2.05) is 66.4 Å². The van der Waals surface area contributed by atoms with E-state index in [9.17, 15) is 9.59 Å². The van der Waals surface area contributed by atoms with E-state index in [2.05, 4.69) is 18.8 Å². The van der Waals surface area contributed by atoms with Crippen LogP contribution in [-0.2, 0) is 20.7 Å². The second kappa shape index (κ2) is 14.0. The van der Waals surface area contributed by atoms with Crippen LogP contribution in [0.3, 0.4) is 0 Å². The quantitative estimate of drug-likeness (QED) is 0.202. The average molecular weight is 545 g/mol. The molecule has 7 heteroatoms. The minimum Gasteiger partial charge on any atom is -0.493 e. The van der Waals surface area contributed by atoms with Gasteiger partial charge in [-0.05, 0) is 74.4 Å². The Morgan fingerprint density at radius 1 is 1.07 bits per heavy atom.